The molecule has 1 aromatic heterocycles. The summed E-state index contributed by atoms with van der Waals surface area (Å²) < 4.78 is 32.3. The summed E-state index contributed by atoms with van der Waals surface area (Å²) in [7, 11) is -3.49. The van der Waals surface area contributed by atoms with Gasteiger partial charge in [0.2, 0.25) is 15.9 Å². The van der Waals surface area contributed by atoms with Crippen LogP contribution < -0.4 is 0 Å². The molecule has 0 radical (unpaired) electrons. The van der Waals surface area contributed by atoms with Gasteiger partial charge in [-0.15, -0.1) is 0 Å². The highest BCUT2D eigenvalue weighted by Gasteiger charge is 2.36. The number of hydrogen-bond donors (Lipinski definition) is 0. The average molecular weight is 419 g/mol. The van der Waals surface area contributed by atoms with E-state index in [4.69, 9.17) is 4.52 Å². The Kier molecular flexibility index (Phi) is 5.44. The number of sulfonamides is 1. The summed E-state index contributed by atoms with van der Waals surface area (Å²) in [6.45, 7) is 6.16. The summed E-state index contributed by atoms with van der Waals surface area (Å²) in [5, 5.41) is 3.97. The third-order valence-electron chi connectivity index (χ3n) is 5.55. The van der Waals surface area contributed by atoms with Crippen molar-refractivity contribution in [1.82, 2.24) is 19.3 Å². The Bertz CT molecular complexity index is 972. The monoisotopic (exact) mass is 418 g/mol. The van der Waals surface area contributed by atoms with Gasteiger partial charge in [0.25, 0.3) is 5.91 Å². The number of aromatic nitrogens is 2. The number of carbonyl (C=O) groups excluding carboxylic acids is 1. The lowest BCUT2D eigenvalue weighted by Gasteiger charge is -2.37. The quantitative estimate of drug-likeness (QED) is 0.740. The fourth-order valence-electron chi connectivity index (χ4n) is 3.65. The molecule has 8 nitrogen and oxygen atoms in total. The zero-order valence-electron chi connectivity index (χ0n) is 16.7. The van der Waals surface area contributed by atoms with Crippen molar-refractivity contribution in [2.75, 3.05) is 26.2 Å². The van der Waals surface area contributed by atoms with E-state index in [1.807, 2.05) is 13.8 Å². The third kappa shape index (κ3) is 3.93. The first-order chi connectivity index (χ1) is 13.9. The molecule has 0 aliphatic carbocycles. The van der Waals surface area contributed by atoms with Crippen molar-refractivity contribution in [3.63, 3.8) is 0 Å². The SMILES string of the molecule is CC(C)c1noc(C2CN(C(=O)c3ccc(S(=O)(=O)N4CCCCC4)cc3)C2)n1. The van der Waals surface area contributed by atoms with E-state index >= 15 is 0 Å². The predicted octanol–water partition coefficient (Wildman–Crippen LogP) is 2.61. The summed E-state index contributed by atoms with van der Waals surface area (Å²) >= 11 is 0. The molecular weight excluding hydrogens is 392 g/mol. The maximum atomic E-state index is 12.7. The summed E-state index contributed by atoms with van der Waals surface area (Å²) in [6.07, 6.45) is 2.86. The van der Waals surface area contributed by atoms with Crippen LogP contribution in [-0.2, 0) is 10.0 Å². The van der Waals surface area contributed by atoms with Gasteiger partial charge in [0.05, 0.1) is 10.8 Å². The molecule has 156 valence electrons. The van der Waals surface area contributed by atoms with E-state index < -0.39 is 10.0 Å². The van der Waals surface area contributed by atoms with Crippen LogP contribution in [0.2, 0.25) is 0 Å². The number of benzene rings is 1. The van der Waals surface area contributed by atoms with Gasteiger partial charge in [-0.3, -0.25) is 4.79 Å². The predicted molar refractivity (Wildman–Crippen MR) is 106 cm³/mol. The molecular formula is C20H26N4O4S. The minimum atomic E-state index is -3.49. The van der Waals surface area contributed by atoms with Gasteiger partial charge in [0.1, 0.15) is 0 Å². The number of piperidine rings is 1. The topological polar surface area (TPSA) is 96.6 Å². The van der Waals surface area contributed by atoms with Crippen LogP contribution in [0.5, 0.6) is 0 Å². The second-order valence-electron chi connectivity index (χ2n) is 8.04. The molecule has 2 saturated heterocycles. The van der Waals surface area contributed by atoms with E-state index in [-0.39, 0.29) is 22.6 Å². The highest BCUT2D eigenvalue weighted by molar-refractivity contribution is 7.89. The Hall–Kier alpha value is -2.26. The van der Waals surface area contributed by atoms with Crippen LogP contribution in [0.4, 0.5) is 0 Å². The van der Waals surface area contributed by atoms with Gasteiger partial charge in [0, 0.05) is 37.7 Å². The molecule has 0 unspecified atom stereocenters. The van der Waals surface area contributed by atoms with Gasteiger partial charge in [0.15, 0.2) is 5.82 Å². The number of hydrogen-bond acceptors (Lipinski definition) is 6. The van der Waals surface area contributed by atoms with Gasteiger partial charge in [-0.1, -0.05) is 25.4 Å². The second kappa shape index (κ2) is 7.87. The molecule has 0 saturated carbocycles. The van der Waals surface area contributed by atoms with E-state index in [1.165, 1.54) is 16.4 Å². The number of rotatable bonds is 5. The van der Waals surface area contributed by atoms with Crippen LogP contribution in [-0.4, -0.2) is 59.8 Å². The van der Waals surface area contributed by atoms with Gasteiger partial charge < -0.3 is 9.42 Å². The molecule has 0 N–H and O–H groups in total. The smallest absolute Gasteiger partial charge is 0.253 e. The molecule has 4 rings (SSSR count). The largest absolute Gasteiger partial charge is 0.339 e. The van der Waals surface area contributed by atoms with E-state index in [1.54, 1.807) is 17.0 Å². The molecule has 9 heteroatoms. The molecule has 29 heavy (non-hydrogen) atoms. The van der Waals surface area contributed by atoms with Gasteiger partial charge >= 0.3 is 0 Å². The molecule has 1 amide bonds. The number of carbonyl (C=O) groups is 1. The fraction of sp³-hybridized carbons (Fsp3) is 0.550. The zero-order chi connectivity index (χ0) is 20.6. The number of nitrogens with zero attached hydrogens (tertiary/aromatic N) is 4. The highest BCUT2D eigenvalue weighted by Crippen LogP contribution is 2.28. The van der Waals surface area contributed by atoms with Crippen molar-refractivity contribution in [1.29, 1.82) is 0 Å². The fourth-order valence-corrected chi connectivity index (χ4v) is 5.17. The third-order valence-corrected chi connectivity index (χ3v) is 7.46. The Morgan fingerprint density at radius 2 is 1.76 bits per heavy atom. The molecule has 3 heterocycles. The number of amides is 1. The first-order valence-corrected chi connectivity index (χ1v) is 11.5. The van der Waals surface area contributed by atoms with E-state index in [0.717, 1.165) is 19.3 Å². The standard InChI is InChI=1S/C20H26N4O4S/c1-14(2)18-21-19(28-22-18)16-12-23(13-16)20(25)15-6-8-17(9-7-15)29(26,27)24-10-4-3-5-11-24/h6-9,14,16H,3-5,10-13H2,1-2H3. The normalized spacial score (nSPS) is 18.8. The molecule has 2 aliphatic rings. The average Bonchev–Trinajstić information content (AvgIpc) is 3.17. The van der Waals surface area contributed by atoms with Crippen molar-refractivity contribution >= 4 is 15.9 Å². The van der Waals surface area contributed by atoms with Gasteiger partial charge in [-0.25, -0.2) is 8.42 Å². The van der Waals surface area contributed by atoms with Crippen molar-refractivity contribution < 1.29 is 17.7 Å². The zero-order valence-corrected chi connectivity index (χ0v) is 17.6. The summed E-state index contributed by atoms with van der Waals surface area (Å²) in [5.74, 6) is 1.38. The summed E-state index contributed by atoms with van der Waals surface area (Å²) in [4.78, 5) is 19.0. The first kappa shape index (κ1) is 20.0. The van der Waals surface area contributed by atoms with E-state index in [9.17, 15) is 13.2 Å². The van der Waals surface area contributed by atoms with Crippen LogP contribution in [0.15, 0.2) is 33.7 Å². The molecule has 0 atom stereocenters. The molecule has 2 aromatic rings. The Morgan fingerprint density at radius 3 is 2.34 bits per heavy atom. The molecule has 0 bridgehead atoms. The van der Waals surface area contributed by atoms with Crippen LogP contribution in [0, 0.1) is 0 Å². The van der Waals surface area contributed by atoms with Gasteiger partial charge in [-0.05, 0) is 37.1 Å². The van der Waals surface area contributed by atoms with Crippen LogP contribution in [0.1, 0.15) is 67.0 Å². The number of likely N-dealkylation sites (tertiary alicyclic amines) is 1. The maximum Gasteiger partial charge on any atom is 0.253 e. The van der Waals surface area contributed by atoms with Crippen molar-refractivity contribution in [2.45, 2.75) is 49.8 Å². The van der Waals surface area contributed by atoms with Crippen LogP contribution in [0.3, 0.4) is 0 Å². The lowest BCUT2D eigenvalue weighted by atomic mass is 9.98. The summed E-state index contributed by atoms with van der Waals surface area (Å²) in [6, 6.07) is 6.24. The Labute approximate surface area is 170 Å². The highest BCUT2D eigenvalue weighted by atomic mass is 32.2. The Morgan fingerprint density at radius 1 is 1.10 bits per heavy atom. The van der Waals surface area contributed by atoms with Crippen LogP contribution >= 0.6 is 0 Å². The van der Waals surface area contributed by atoms with Crippen molar-refractivity contribution in [2.24, 2.45) is 0 Å². The maximum absolute atomic E-state index is 12.7. The van der Waals surface area contributed by atoms with Crippen molar-refractivity contribution in [3.05, 3.63) is 41.5 Å². The lowest BCUT2D eigenvalue weighted by Crippen LogP contribution is -2.48. The molecule has 0 spiro atoms. The second-order valence-corrected chi connectivity index (χ2v) is 9.98. The minimum absolute atomic E-state index is 0.0534. The van der Waals surface area contributed by atoms with Crippen LogP contribution in [0.25, 0.3) is 0 Å². The van der Waals surface area contributed by atoms with Gasteiger partial charge in [-0.2, -0.15) is 9.29 Å². The van der Waals surface area contributed by atoms with Crippen molar-refractivity contribution in [3.8, 4) is 0 Å². The minimum Gasteiger partial charge on any atom is -0.339 e. The lowest BCUT2D eigenvalue weighted by molar-refractivity contribution is 0.0569. The van der Waals surface area contributed by atoms with E-state index in [0.29, 0.717) is 43.5 Å². The molecule has 1 aromatic carbocycles. The first-order valence-electron chi connectivity index (χ1n) is 10.1. The molecule has 2 aliphatic heterocycles. The molecule has 2 fully saturated rings. The van der Waals surface area contributed by atoms with E-state index in [2.05, 4.69) is 10.1 Å². The Balaban J connectivity index is 1.39. The summed E-state index contributed by atoms with van der Waals surface area (Å²) in [5.41, 5.74) is 0.481.